The van der Waals surface area contributed by atoms with Gasteiger partial charge in [0.15, 0.2) is 5.69 Å². The number of aromatic nitrogens is 3. The minimum absolute atomic E-state index is 0.0649. The first kappa shape index (κ1) is 19.6. The summed E-state index contributed by atoms with van der Waals surface area (Å²) in [6.07, 6.45) is 1.55. The van der Waals surface area contributed by atoms with Crippen molar-refractivity contribution in [3.8, 4) is 0 Å². The minimum atomic E-state index is -0.738. The molecule has 0 saturated carbocycles. The first-order chi connectivity index (χ1) is 13.3. The van der Waals surface area contributed by atoms with Crippen LogP contribution < -0.4 is 21.9 Å². The van der Waals surface area contributed by atoms with Crippen molar-refractivity contribution in [2.45, 2.75) is 26.3 Å². The van der Waals surface area contributed by atoms with E-state index in [0.717, 1.165) is 16.7 Å². The molecule has 3 rings (SSSR count). The van der Waals surface area contributed by atoms with Gasteiger partial charge in [0, 0.05) is 19.0 Å². The number of hydrogen-bond donors (Lipinski definition) is 2. The Bertz CT molecular complexity index is 1170. The van der Waals surface area contributed by atoms with Crippen LogP contribution in [-0.2, 0) is 6.54 Å². The van der Waals surface area contributed by atoms with Crippen LogP contribution in [0.25, 0.3) is 10.8 Å². The average molecular weight is 402 g/mol. The molecule has 28 heavy (non-hydrogen) atoms. The van der Waals surface area contributed by atoms with Crippen molar-refractivity contribution >= 4 is 39.8 Å². The van der Waals surface area contributed by atoms with Gasteiger partial charge >= 0.3 is 5.69 Å². The molecule has 0 spiro atoms. The molecule has 0 bridgehead atoms. The molecule has 9 heteroatoms. The zero-order chi connectivity index (χ0) is 20.4. The van der Waals surface area contributed by atoms with Gasteiger partial charge in [-0.15, -0.1) is 0 Å². The number of rotatable bonds is 5. The molecule has 0 unspecified atom stereocenters. The first-order valence-electron chi connectivity index (χ1n) is 8.81. The Morgan fingerprint density at radius 1 is 1.32 bits per heavy atom. The van der Waals surface area contributed by atoms with E-state index >= 15 is 0 Å². The molecule has 0 fully saturated rings. The maximum atomic E-state index is 13.0. The van der Waals surface area contributed by atoms with Gasteiger partial charge in [0.25, 0.3) is 11.5 Å². The Morgan fingerprint density at radius 3 is 2.75 bits per heavy atom. The highest BCUT2D eigenvalue weighted by Crippen LogP contribution is 2.24. The van der Waals surface area contributed by atoms with Gasteiger partial charge in [0.1, 0.15) is 16.7 Å². The predicted octanol–water partition coefficient (Wildman–Crippen LogP) is 2.40. The number of nitrogen functional groups attached to an aromatic ring is 1. The molecule has 0 aliphatic heterocycles. The van der Waals surface area contributed by atoms with Crippen molar-refractivity contribution in [3.05, 3.63) is 62.0 Å². The Hall–Kier alpha value is -3.13. The summed E-state index contributed by atoms with van der Waals surface area (Å²) in [6.45, 7) is 2.31. The van der Waals surface area contributed by atoms with Crippen LogP contribution in [-0.4, -0.2) is 27.5 Å². The fourth-order valence-corrected chi connectivity index (χ4v) is 3.24. The highest BCUT2D eigenvalue weighted by molar-refractivity contribution is 6.34. The summed E-state index contributed by atoms with van der Waals surface area (Å²) in [5.74, 6) is -0.629. The summed E-state index contributed by atoms with van der Waals surface area (Å²) in [6, 6.07) is 8.85. The van der Waals surface area contributed by atoms with Crippen LogP contribution in [0.5, 0.6) is 0 Å². The Kier molecular flexibility index (Phi) is 5.51. The molecule has 3 N–H and O–H groups in total. The van der Waals surface area contributed by atoms with Crippen molar-refractivity contribution in [3.63, 3.8) is 0 Å². The largest absolute Gasteiger partial charge is 0.383 e. The van der Waals surface area contributed by atoms with Gasteiger partial charge in [-0.2, -0.15) is 0 Å². The van der Waals surface area contributed by atoms with E-state index in [0.29, 0.717) is 18.4 Å². The monoisotopic (exact) mass is 401 g/mol. The summed E-state index contributed by atoms with van der Waals surface area (Å²) in [5.41, 5.74) is 4.68. The topological polar surface area (TPSA) is 114 Å². The number of H-pyrrole nitrogens is 1. The van der Waals surface area contributed by atoms with E-state index in [1.165, 1.54) is 11.6 Å². The van der Waals surface area contributed by atoms with Gasteiger partial charge in [-0.05, 0) is 17.9 Å². The van der Waals surface area contributed by atoms with Gasteiger partial charge in [-0.3, -0.25) is 19.1 Å². The number of unbranched alkanes of at least 4 members (excludes halogenated alkanes) is 1. The molecule has 0 aliphatic carbocycles. The van der Waals surface area contributed by atoms with Crippen LogP contribution in [0.4, 0.5) is 11.5 Å². The van der Waals surface area contributed by atoms with E-state index in [1.54, 1.807) is 12.1 Å². The molecule has 2 aromatic heterocycles. The van der Waals surface area contributed by atoms with Crippen molar-refractivity contribution in [1.82, 2.24) is 14.5 Å². The third kappa shape index (κ3) is 3.50. The fourth-order valence-electron chi connectivity index (χ4n) is 2.98. The number of pyridine rings is 1. The number of nitrogens with one attached hydrogen (secondary N) is 1. The van der Waals surface area contributed by atoms with E-state index in [-0.39, 0.29) is 22.4 Å². The first-order valence-corrected chi connectivity index (χ1v) is 9.18. The summed E-state index contributed by atoms with van der Waals surface area (Å²) >= 11 is 6.20. The normalized spacial score (nSPS) is 11.0. The summed E-state index contributed by atoms with van der Waals surface area (Å²) in [4.78, 5) is 44.8. The van der Waals surface area contributed by atoms with Crippen molar-refractivity contribution in [2.24, 2.45) is 0 Å². The Balaban J connectivity index is 2.07. The Morgan fingerprint density at radius 2 is 2.04 bits per heavy atom. The molecule has 0 radical (unpaired) electrons. The summed E-state index contributed by atoms with van der Waals surface area (Å²) in [5, 5.41) is 1.65. The minimum Gasteiger partial charge on any atom is -0.383 e. The predicted molar refractivity (Wildman–Crippen MR) is 110 cm³/mol. The number of carbonyl (C=O) groups is 1. The number of halogens is 1. The molecular weight excluding hydrogens is 382 g/mol. The van der Waals surface area contributed by atoms with Gasteiger partial charge < -0.3 is 10.6 Å². The molecule has 2 heterocycles. The number of nitrogens with two attached hydrogens (primary N) is 1. The zero-order valence-corrected chi connectivity index (χ0v) is 16.3. The van der Waals surface area contributed by atoms with Gasteiger partial charge in [-0.25, -0.2) is 9.78 Å². The third-order valence-corrected chi connectivity index (χ3v) is 4.79. The van der Waals surface area contributed by atoms with Crippen LogP contribution in [0.1, 0.15) is 30.3 Å². The van der Waals surface area contributed by atoms with Gasteiger partial charge in [0.05, 0.1) is 0 Å². The lowest BCUT2D eigenvalue weighted by Gasteiger charge is -2.20. The van der Waals surface area contributed by atoms with Gasteiger partial charge in [0.2, 0.25) is 0 Å². The average Bonchev–Trinajstić information content (AvgIpc) is 2.67. The number of anilines is 2. The van der Waals surface area contributed by atoms with Crippen molar-refractivity contribution < 1.29 is 4.79 Å². The zero-order valence-electron chi connectivity index (χ0n) is 15.5. The van der Waals surface area contributed by atoms with E-state index in [4.69, 9.17) is 17.3 Å². The lowest BCUT2D eigenvalue weighted by Crippen LogP contribution is -2.39. The smallest absolute Gasteiger partial charge is 0.330 e. The fraction of sp³-hybridized carbons (Fsp3) is 0.263. The highest BCUT2D eigenvalue weighted by Gasteiger charge is 2.23. The molecule has 0 saturated heterocycles. The lowest BCUT2D eigenvalue weighted by atomic mass is 10.1. The van der Waals surface area contributed by atoms with E-state index < -0.39 is 17.2 Å². The van der Waals surface area contributed by atoms with E-state index in [9.17, 15) is 14.4 Å². The standard InChI is InChI=1S/C19H20ClN5O3/c1-3-4-9-25-16(21)14(17(26)23-19(25)28)24(2)18(27)13-10-11-7-5-6-8-12(11)15(20)22-13/h5-8,10H,3-4,9,21H2,1-2H3,(H,23,26,28). The quantitative estimate of drug-likeness (QED) is 0.637. The molecule has 1 aromatic carbocycles. The third-order valence-electron chi connectivity index (χ3n) is 4.50. The van der Waals surface area contributed by atoms with Crippen LogP contribution in [0.15, 0.2) is 39.9 Å². The van der Waals surface area contributed by atoms with Crippen LogP contribution in [0, 0.1) is 0 Å². The number of aromatic amines is 1. The second-order valence-corrected chi connectivity index (χ2v) is 6.74. The molecule has 0 atom stereocenters. The Labute approximate surface area is 165 Å². The van der Waals surface area contributed by atoms with E-state index in [1.807, 2.05) is 25.1 Å². The number of nitrogens with zero attached hydrogens (tertiary/aromatic N) is 3. The van der Waals surface area contributed by atoms with Crippen molar-refractivity contribution in [2.75, 3.05) is 17.7 Å². The molecular formula is C19H20ClN5O3. The van der Waals surface area contributed by atoms with Crippen LogP contribution in [0.2, 0.25) is 5.15 Å². The van der Waals surface area contributed by atoms with Crippen LogP contribution >= 0.6 is 11.6 Å². The number of amides is 1. The number of hydrogen-bond acceptors (Lipinski definition) is 5. The molecule has 3 aromatic rings. The van der Waals surface area contributed by atoms with Gasteiger partial charge in [-0.1, -0.05) is 49.2 Å². The molecule has 146 valence electrons. The molecule has 0 aliphatic rings. The SMILES string of the molecule is CCCCn1c(N)c(N(C)C(=O)c2cc3ccccc3c(Cl)n2)c(=O)[nH]c1=O. The van der Waals surface area contributed by atoms with Crippen molar-refractivity contribution in [1.29, 1.82) is 0 Å². The van der Waals surface area contributed by atoms with Crippen LogP contribution in [0.3, 0.4) is 0 Å². The maximum absolute atomic E-state index is 13.0. The highest BCUT2D eigenvalue weighted by atomic mass is 35.5. The summed E-state index contributed by atoms with van der Waals surface area (Å²) in [7, 11) is 1.41. The van der Waals surface area contributed by atoms with E-state index in [2.05, 4.69) is 9.97 Å². The molecule has 1 amide bonds. The second-order valence-electron chi connectivity index (χ2n) is 6.38. The summed E-state index contributed by atoms with van der Waals surface area (Å²) < 4.78 is 1.25. The number of fused-ring (bicyclic) bond motifs is 1. The second kappa shape index (κ2) is 7.85. The molecule has 8 nitrogen and oxygen atoms in total. The number of benzene rings is 1. The maximum Gasteiger partial charge on any atom is 0.330 e. The lowest BCUT2D eigenvalue weighted by molar-refractivity contribution is 0.0988. The number of carbonyl (C=O) groups excluding carboxylic acids is 1.